The van der Waals surface area contributed by atoms with Gasteiger partial charge in [0.1, 0.15) is 22.9 Å². The molecule has 0 bridgehead atoms. The maximum Gasteiger partial charge on any atom is 0.300 e. The number of carboxylic acid groups (broad SMARTS) is 1. The number of carbonyl (C=O) groups excluding carboxylic acids is 1. The normalized spacial score (nSPS) is 14.3. The van der Waals surface area contributed by atoms with E-state index in [0.29, 0.717) is 28.8 Å². The molecule has 1 aromatic heterocycles. The fourth-order valence-electron chi connectivity index (χ4n) is 4.41. The van der Waals surface area contributed by atoms with Crippen LogP contribution in [0.15, 0.2) is 42.6 Å². The summed E-state index contributed by atoms with van der Waals surface area (Å²) in [4.78, 5) is 26.5. The van der Waals surface area contributed by atoms with Crippen molar-refractivity contribution in [3.8, 4) is 5.75 Å². The largest absolute Gasteiger partial charge is 0.508 e. The third-order valence-corrected chi connectivity index (χ3v) is 6.27. The van der Waals surface area contributed by atoms with Crippen molar-refractivity contribution in [2.24, 2.45) is 0 Å². The van der Waals surface area contributed by atoms with Crippen molar-refractivity contribution in [1.82, 2.24) is 10.3 Å². The lowest BCUT2D eigenvalue weighted by atomic mass is 10.1. The molecule has 2 heterocycles. The monoisotopic (exact) mass is 507 g/mol. The number of carbonyl (C=O) groups is 2. The first-order valence-corrected chi connectivity index (χ1v) is 12.1. The third kappa shape index (κ3) is 6.34. The van der Waals surface area contributed by atoms with Gasteiger partial charge in [-0.15, -0.1) is 0 Å². The van der Waals surface area contributed by atoms with E-state index < -0.39 is 11.8 Å². The smallest absolute Gasteiger partial charge is 0.300 e. The number of anilines is 5. The van der Waals surface area contributed by atoms with E-state index >= 15 is 0 Å². The van der Waals surface area contributed by atoms with Crippen molar-refractivity contribution in [1.29, 1.82) is 0 Å². The molecule has 1 saturated carbocycles. The second-order valence-electron chi connectivity index (χ2n) is 9.17. The van der Waals surface area contributed by atoms with Crippen LogP contribution in [0.5, 0.6) is 5.75 Å². The van der Waals surface area contributed by atoms with Gasteiger partial charge in [-0.25, -0.2) is 9.37 Å². The Morgan fingerprint density at radius 1 is 1.11 bits per heavy atom. The van der Waals surface area contributed by atoms with Gasteiger partial charge < -0.3 is 31.5 Å². The lowest BCUT2D eigenvalue weighted by Crippen LogP contribution is -2.25. The van der Waals surface area contributed by atoms with E-state index in [0.717, 1.165) is 24.7 Å². The molecule has 0 atom stereocenters. The predicted molar refractivity (Wildman–Crippen MR) is 140 cm³/mol. The molecule has 37 heavy (non-hydrogen) atoms. The number of nitrogens with zero attached hydrogens (tertiary/aromatic N) is 1. The summed E-state index contributed by atoms with van der Waals surface area (Å²) < 4.78 is 14.5. The average Bonchev–Trinajstić information content (AvgIpc) is 3.31. The number of halogens is 1. The minimum Gasteiger partial charge on any atom is -0.508 e. The molecule has 3 aromatic rings. The molecular formula is C27H30FN5O4. The molecule has 2 aliphatic rings. The van der Waals surface area contributed by atoms with Crippen molar-refractivity contribution >= 4 is 40.4 Å². The lowest BCUT2D eigenvalue weighted by Gasteiger charge is -2.14. The summed E-state index contributed by atoms with van der Waals surface area (Å²) >= 11 is 0. The van der Waals surface area contributed by atoms with Gasteiger partial charge in [-0.1, -0.05) is 18.9 Å². The highest BCUT2D eigenvalue weighted by Crippen LogP contribution is 2.36. The van der Waals surface area contributed by atoms with E-state index in [1.165, 1.54) is 44.0 Å². The van der Waals surface area contributed by atoms with Crippen LogP contribution in [0.3, 0.4) is 0 Å². The number of aliphatic carboxylic acids is 1. The first-order chi connectivity index (χ1) is 17.7. The molecule has 6 N–H and O–H groups in total. The SMILES string of the molecule is CC(=O)O.Cc1cc(F)c(Nc2ccnc3c2C(=O)Nc2cc(CNC4CCCC4)ccc2N3)cc1O. The first kappa shape index (κ1) is 25.9. The van der Waals surface area contributed by atoms with E-state index in [9.17, 15) is 14.3 Å². The van der Waals surface area contributed by atoms with Crippen molar-refractivity contribution in [2.45, 2.75) is 52.1 Å². The van der Waals surface area contributed by atoms with Gasteiger partial charge in [0.15, 0.2) is 0 Å². The molecule has 0 spiro atoms. The van der Waals surface area contributed by atoms with Gasteiger partial charge in [0.25, 0.3) is 11.9 Å². The van der Waals surface area contributed by atoms with Gasteiger partial charge in [-0.05, 0) is 55.2 Å². The second-order valence-corrected chi connectivity index (χ2v) is 9.17. The Morgan fingerprint density at radius 3 is 2.57 bits per heavy atom. The van der Waals surface area contributed by atoms with E-state index in [2.05, 4.69) is 26.3 Å². The summed E-state index contributed by atoms with van der Waals surface area (Å²) in [6.07, 6.45) is 6.50. The lowest BCUT2D eigenvalue weighted by molar-refractivity contribution is -0.134. The number of aryl methyl sites for hydroxylation is 1. The number of phenols is 1. The molecule has 9 nitrogen and oxygen atoms in total. The van der Waals surface area contributed by atoms with Crippen LogP contribution >= 0.6 is 0 Å². The zero-order chi connectivity index (χ0) is 26.5. The van der Waals surface area contributed by atoms with Crippen molar-refractivity contribution < 1.29 is 24.2 Å². The molecule has 0 radical (unpaired) electrons. The van der Waals surface area contributed by atoms with Crippen LogP contribution in [0.25, 0.3) is 0 Å². The van der Waals surface area contributed by atoms with E-state index in [-0.39, 0.29) is 22.9 Å². The summed E-state index contributed by atoms with van der Waals surface area (Å²) in [6, 6.07) is 10.6. The standard InChI is InChI=1S/C25H26FN5O2.C2H4O2/c1-14-10-17(26)20(12-22(14)32)29-19-8-9-27-24-23(19)25(33)31-21-11-15(6-7-18(21)30-24)13-28-16-4-2-3-5-16;1-2(3)4/h6-12,16,28,32H,2-5,13H2,1H3,(H,31,33)(H2,27,29,30);1H3,(H,3,4). The van der Waals surface area contributed by atoms with Crippen LogP contribution in [0.2, 0.25) is 0 Å². The van der Waals surface area contributed by atoms with Crippen LogP contribution in [-0.4, -0.2) is 33.1 Å². The zero-order valence-electron chi connectivity index (χ0n) is 20.7. The average molecular weight is 508 g/mol. The van der Waals surface area contributed by atoms with Crippen molar-refractivity contribution in [3.05, 3.63) is 65.1 Å². The van der Waals surface area contributed by atoms with Gasteiger partial charge in [0.05, 0.1) is 22.7 Å². The third-order valence-electron chi connectivity index (χ3n) is 6.27. The maximum absolute atomic E-state index is 14.5. The zero-order valence-corrected chi connectivity index (χ0v) is 20.7. The summed E-state index contributed by atoms with van der Waals surface area (Å²) in [5.74, 6) is -1.39. The Morgan fingerprint density at radius 2 is 1.84 bits per heavy atom. The van der Waals surface area contributed by atoms with Crippen molar-refractivity contribution in [3.63, 3.8) is 0 Å². The number of phenolic OH excluding ortho intramolecular Hbond substituents is 1. The summed E-state index contributed by atoms with van der Waals surface area (Å²) in [5, 5.41) is 30.1. The summed E-state index contributed by atoms with van der Waals surface area (Å²) in [5.41, 5.74) is 3.62. The van der Waals surface area contributed by atoms with E-state index in [1.807, 2.05) is 18.2 Å². The fourth-order valence-corrected chi connectivity index (χ4v) is 4.41. The summed E-state index contributed by atoms with van der Waals surface area (Å²) in [6.45, 7) is 3.44. The number of aromatic nitrogens is 1. The highest BCUT2D eigenvalue weighted by molar-refractivity contribution is 6.15. The minimum atomic E-state index is -0.833. The number of fused-ring (bicyclic) bond motifs is 2. The quantitative estimate of drug-likeness (QED) is 0.270. The van der Waals surface area contributed by atoms with Gasteiger partial charge >= 0.3 is 0 Å². The number of nitrogens with one attached hydrogen (secondary N) is 4. The molecular weight excluding hydrogens is 477 g/mol. The molecule has 194 valence electrons. The van der Waals surface area contributed by atoms with Crippen molar-refractivity contribution in [2.75, 3.05) is 16.0 Å². The van der Waals surface area contributed by atoms with Gasteiger partial charge in [0, 0.05) is 31.8 Å². The minimum absolute atomic E-state index is 0.0345. The van der Waals surface area contributed by atoms with Crippen LogP contribution in [0, 0.1) is 12.7 Å². The number of benzene rings is 2. The van der Waals surface area contributed by atoms with Crippen LogP contribution in [0.4, 0.5) is 33.0 Å². The first-order valence-electron chi connectivity index (χ1n) is 12.1. The Hall–Kier alpha value is -4.18. The molecule has 0 saturated heterocycles. The highest BCUT2D eigenvalue weighted by Gasteiger charge is 2.24. The second kappa shape index (κ2) is 11.3. The molecule has 0 unspecified atom stereocenters. The molecule has 1 aliphatic heterocycles. The number of hydrogen-bond donors (Lipinski definition) is 6. The number of hydrogen-bond acceptors (Lipinski definition) is 7. The van der Waals surface area contributed by atoms with Crippen LogP contribution < -0.4 is 21.3 Å². The molecule has 1 aliphatic carbocycles. The molecule has 10 heteroatoms. The van der Waals surface area contributed by atoms with E-state index in [1.54, 1.807) is 13.0 Å². The van der Waals surface area contributed by atoms with Crippen LogP contribution in [0.1, 0.15) is 54.1 Å². The Bertz CT molecular complexity index is 1320. The van der Waals surface area contributed by atoms with Gasteiger partial charge in [-0.3, -0.25) is 9.59 Å². The summed E-state index contributed by atoms with van der Waals surface area (Å²) in [7, 11) is 0. The topological polar surface area (TPSA) is 136 Å². The molecule has 2 aromatic carbocycles. The predicted octanol–water partition coefficient (Wildman–Crippen LogP) is 5.41. The maximum atomic E-state index is 14.5. The number of rotatable bonds is 5. The highest BCUT2D eigenvalue weighted by atomic mass is 19.1. The Kier molecular flexibility index (Phi) is 7.88. The molecule has 5 rings (SSSR count). The van der Waals surface area contributed by atoms with Gasteiger partial charge in [-0.2, -0.15) is 0 Å². The number of aromatic hydroxyl groups is 1. The Balaban J connectivity index is 0.000000747. The molecule has 1 amide bonds. The number of carboxylic acids is 1. The Labute approximate surface area is 214 Å². The number of pyridine rings is 1. The fraction of sp³-hybridized carbons (Fsp3) is 0.296. The van der Waals surface area contributed by atoms with Gasteiger partial charge in [0.2, 0.25) is 0 Å². The number of amides is 1. The van der Waals surface area contributed by atoms with E-state index in [4.69, 9.17) is 9.90 Å². The molecule has 1 fully saturated rings. The van der Waals surface area contributed by atoms with Crippen LogP contribution in [-0.2, 0) is 11.3 Å².